The highest BCUT2D eigenvalue weighted by molar-refractivity contribution is 4.85. The van der Waals surface area contributed by atoms with E-state index in [4.69, 9.17) is 0 Å². The van der Waals surface area contributed by atoms with Crippen LogP contribution in [0.15, 0.2) is 0 Å². The number of nitrogens with zero attached hydrogens (tertiary/aromatic N) is 1. The maximum absolute atomic E-state index is 3.48. The highest BCUT2D eigenvalue weighted by Crippen LogP contribution is 2.37. The van der Waals surface area contributed by atoms with E-state index < -0.39 is 0 Å². The van der Waals surface area contributed by atoms with Crippen LogP contribution in [0.4, 0.5) is 0 Å². The van der Waals surface area contributed by atoms with Crippen LogP contribution < -0.4 is 5.32 Å². The van der Waals surface area contributed by atoms with Gasteiger partial charge in [0, 0.05) is 6.04 Å². The van der Waals surface area contributed by atoms with Gasteiger partial charge in [0.25, 0.3) is 0 Å². The van der Waals surface area contributed by atoms with Crippen molar-refractivity contribution in [1.82, 2.24) is 10.2 Å². The summed E-state index contributed by atoms with van der Waals surface area (Å²) in [5, 5.41) is 3.48. The van der Waals surface area contributed by atoms with Gasteiger partial charge in [-0.1, -0.05) is 25.7 Å². The van der Waals surface area contributed by atoms with Crippen molar-refractivity contribution in [2.24, 2.45) is 11.8 Å². The van der Waals surface area contributed by atoms with E-state index in [-0.39, 0.29) is 0 Å². The Labute approximate surface area is 106 Å². The molecule has 2 nitrogen and oxygen atoms in total. The number of hydrogen-bond donors (Lipinski definition) is 1. The molecule has 0 aromatic rings. The zero-order valence-electron chi connectivity index (χ0n) is 11.2. The molecule has 2 heteroatoms. The molecule has 0 atom stereocenters. The van der Waals surface area contributed by atoms with Crippen molar-refractivity contribution < 1.29 is 0 Å². The quantitative estimate of drug-likeness (QED) is 0.793. The van der Waals surface area contributed by atoms with Gasteiger partial charge in [-0.15, -0.1) is 0 Å². The fourth-order valence-electron chi connectivity index (χ4n) is 4.36. The van der Waals surface area contributed by atoms with E-state index >= 15 is 0 Å². The standard InChI is InChI=1S/C15H28N2/c1-2-4-13(3-1)14-7-11-17(12-8-14)15-5-9-16-10-6-15/h13-16H,1-12H2. The molecular formula is C15H28N2. The van der Waals surface area contributed by atoms with Crippen LogP contribution in [0.5, 0.6) is 0 Å². The largest absolute Gasteiger partial charge is 0.317 e. The molecule has 17 heavy (non-hydrogen) atoms. The second-order valence-electron chi connectivity index (χ2n) is 6.40. The average Bonchev–Trinajstić information content (AvgIpc) is 2.94. The summed E-state index contributed by atoms with van der Waals surface area (Å²) in [6.07, 6.45) is 11.9. The van der Waals surface area contributed by atoms with Gasteiger partial charge in [-0.3, -0.25) is 0 Å². The van der Waals surface area contributed by atoms with E-state index in [0.717, 1.165) is 17.9 Å². The molecule has 0 radical (unpaired) electrons. The van der Waals surface area contributed by atoms with Crippen molar-refractivity contribution in [3.63, 3.8) is 0 Å². The van der Waals surface area contributed by atoms with Gasteiger partial charge in [0.2, 0.25) is 0 Å². The normalized spacial score (nSPS) is 31.1. The second kappa shape index (κ2) is 5.71. The maximum atomic E-state index is 3.48. The first-order valence-electron chi connectivity index (χ1n) is 7.88. The Morgan fingerprint density at radius 1 is 0.706 bits per heavy atom. The number of piperidine rings is 2. The van der Waals surface area contributed by atoms with Crippen LogP contribution in [0.25, 0.3) is 0 Å². The highest BCUT2D eigenvalue weighted by atomic mass is 15.2. The molecule has 0 spiro atoms. The van der Waals surface area contributed by atoms with Crippen molar-refractivity contribution in [3.05, 3.63) is 0 Å². The topological polar surface area (TPSA) is 15.3 Å². The molecule has 1 N–H and O–H groups in total. The van der Waals surface area contributed by atoms with Crippen LogP contribution in [0.2, 0.25) is 0 Å². The van der Waals surface area contributed by atoms with Gasteiger partial charge < -0.3 is 10.2 Å². The van der Waals surface area contributed by atoms with Crippen LogP contribution in [0.1, 0.15) is 51.4 Å². The highest BCUT2D eigenvalue weighted by Gasteiger charge is 2.31. The summed E-state index contributed by atoms with van der Waals surface area (Å²) in [7, 11) is 0. The Hall–Kier alpha value is -0.0800. The van der Waals surface area contributed by atoms with E-state index in [2.05, 4.69) is 10.2 Å². The minimum atomic E-state index is 0.903. The van der Waals surface area contributed by atoms with E-state index in [9.17, 15) is 0 Å². The van der Waals surface area contributed by atoms with E-state index in [1.165, 1.54) is 77.5 Å². The molecule has 3 fully saturated rings. The summed E-state index contributed by atoms with van der Waals surface area (Å²) in [4.78, 5) is 2.80. The first-order chi connectivity index (χ1) is 8.43. The number of nitrogens with one attached hydrogen (secondary N) is 1. The Balaban J connectivity index is 1.46. The van der Waals surface area contributed by atoms with Crippen molar-refractivity contribution in [2.75, 3.05) is 26.2 Å². The van der Waals surface area contributed by atoms with Gasteiger partial charge in [-0.05, 0) is 63.7 Å². The van der Waals surface area contributed by atoms with E-state index in [0.29, 0.717) is 0 Å². The fraction of sp³-hybridized carbons (Fsp3) is 1.00. The summed E-state index contributed by atoms with van der Waals surface area (Å²) >= 11 is 0. The predicted molar refractivity (Wildman–Crippen MR) is 72.1 cm³/mol. The molecule has 2 saturated heterocycles. The van der Waals surface area contributed by atoms with Gasteiger partial charge in [-0.2, -0.15) is 0 Å². The third-order valence-corrected chi connectivity index (χ3v) is 5.47. The molecule has 0 aromatic heterocycles. The average molecular weight is 236 g/mol. The lowest BCUT2D eigenvalue weighted by Gasteiger charge is -2.41. The Kier molecular flexibility index (Phi) is 4.02. The number of hydrogen-bond acceptors (Lipinski definition) is 2. The zero-order chi connectivity index (χ0) is 11.5. The third kappa shape index (κ3) is 2.85. The third-order valence-electron chi connectivity index (χ3n) is 5.47. The van der Waals surface area contributed by atoms with Gasteiger partial charge in [0.15, 0.2) is 0 Å². The summed E-state index contributed by atoms with van der Waals surface area (Å²) in [5.41, 5.74) is 0. The van der Waals surface area contributed by atoms with Crippen molar-refractivity contribution in [2.45, 2.75) is 57.4 Å². The minimum absolute atomic E-state index is 0.903. The lowest BCUT2D eigenvalue weighted by Crippen LogP contribution is -2.47. The van der Waals surface area contributed by atoms with Gasteiger partial charge in [0.05, 0.1) is 0 Å². The van der Waals surface area contributed by atoms with Crippen LogP contribution in [-0.4, -0.2) is 37.1 Å². The van der Waals surface area contributed by atoms with Crippen LogP contribution in [0.3, 0.4) is 0 Å². The lowest BCUT2D eigenvalue weighted by molar-refractivity contribution is 0.0920. The second-order valence-corrected chi connectivity index (χ2v) is 6.40. The van der Waals surface area contributed by atoms with Crippen LogP contribution in [0, 0.1) is 11.8 Å². The summed E-state index contributed by atoms with van der Waals surface area (Å²) in [6.45, 7) is 5.28. The molecule has 1 aliphatic carbocycles. The summed E-state index contributed by atoms with van der Waals surface area (Å²) in [5.74, 6) is 2.18. The maximum Gasteiger partial charge on any atom is 0.0119 e. The number of likely N-dealkylation sites (tertiary alicyclic amines) is 1. The molecule has 2 heterocycles. The predicted octanol–water partition coefficient (Wildman–Crippen LogP) is 2.64. The summed E-state index contributed by atoms with van der Waals surface area (Å²) in [6, 6.07) is 0.903. The van der Waals surface area contributed by atoms with Crippen molar-refractivity contribution >= 4 is 0 Å². The monoisotopic (exact) mass is 236 g/mol. The molecule has 3 aliphatic rings. The van der Waals surface area contributed by atoms with Gasteiger partial charge in [-0.25, -0.2) is 0 Å². The van der Waals surface area contributed by atoms with Crippen molar-refractivity contribution in [1.29, 1.82) is 0 Å². The molecule has 0 amide bonds. The van der Waals surface area contributed by atoms with Gasteiger partial charge in [0.1, 0.15) is 0 Å². The van der Waals surface area contributed by atoms with Crippen molar-refractivity contribution in [3.8, 4) is 0 Å². The molecule has 1 saturated carbocycles. The first-order valence-corrected chi connectivity index (χ1v) is 7.88. The lowest BCUT2D eigenvalue weighted by atomic mass is 9.82. The molecule has 0 aromatic carbocycles. The first kappa shape index (κ1) is 12.0. The molecule has 0 bridgehead atoms. The van der Waals surface area contributed by atoms with E-state index in [1.54, 1.807) is 0 Å². The summed E-state index contributed by atoms with van der Waals surface area (Å²) < 4.78 is 0. The Morgan fingerprint density at radius 3 is 1.94 bits per heavy atom. The van der Waals surface area contributed by atoms with Crippen LogP contribution >= 0.6 is 0 Å². The van der Waals surface area contributed by atoms with Crippen LogP contribution in [-0.2, 0) is 0 Å². The molecule has 0 unspecified atom stereocenters. The molecule has 98 valence electrons. The van der Waals surface area contributed by atoms with E-state index in [1.807, 2.05) is 0 Å². The minimum Gasteiger partial charge on any atom is -0.317 e. The fourth-order valence-corrected chi connectivity index (χ4v) is 4.36. The smallest absolute Gasteiger partial charge is 0.0119 e. The molecule has 3 rings (SSSR count). The zero-order valence-corrected chi connectivity index (χ0v) is 11.2. The number of rotatable bonds is 2. The Bertz CT molecular complexity index is 221. The SMILES string of the molecule is C1CCC(C2CCN(C3CCNCC3)CC2)C1. The molecular weight excluding hydrogens is 208 g/mol. The Morgan fingerprint density at radius 2 is 1.29 bits per heavy atom. The van der Waals surface area contributed by atoms with Gasteiger partial charge >= 0.3 is 0 Å². The molecule has 2 aliphatic heterocycles.